The van der Waals surface area contributed by atoms with Crippen LogP contribution >= 0.6 is 0 Å². The van der Waals surface area contributed by atoms with E-state index >= 15 is 0 Å². The molecule has 8 N–H and O–H groups in total. The van der Waals surface area contributed by atoms with Crippen LogP contribution in [0, 0.1) is 0 Å². The Kier molecular flexibility index (Phi) is 8.65. The Hall–Kier alpha value is -3.18. The maximum absolute atomic E-state index is 9.63. The van der Waals surface area contributed by atoms with Crippen LogP contribution in [-0.2, 0) is 9.47 Å². The van der Waals surface area contributed by atoms with Crippen LogP contribution in [0.1, 0.15) is 24.6 Å². The van der Waals surface area contributed by atoms with Crippen molar-refractivity contribution in [3.05, 3.63) is 36.0 Å². The van der Waals surface area contributed by atoms with Crippen molar-refractivity contribution in [3.8, 4) is 0 Å². The fourth-order valence-corrected chi connectivity index (χ4v) is 5.06. The molecule has 2 aromatic heterocycles. The minimum Gasteiger partial charge on any atom is -0.411 e. The van der Waals surface area contributed by atoms with Crippen molar-refractivity contribution in [1.29, 1.82) is 0 Å². The van der Waals surface area contributed by atoms with E-state index in [4.69, 9.17) is 15.3 Å². The summed E-state index contributed by atoms with van der Waals surface area (Å²) in [4.78, 5) is 31.7. The summed E-state index contributed by atoms with van der Waals surface area (Å²) < 4.78 is 13.5. The number of ether oxygens (including phenoxy) is 2. The highest BCUT2D eigenvalue weighted by Gasteiger charge is 2.36. The van der Waals surface area contributed by atoms with E-state index in [1.54, 1.807) is 13.3 Å². The van der Waals surface area contributed by atoms with Gasteiger partial charge in [-0.3, -0.25) is 5.43 Å². The summed E-state index contributed by atoms with van der Waals surface area (Å²) in [6, 6.07) is 8.22. The van der Waals surface area contributed by atoms with Crippen LogP contribution in [0.3, 0.4) is 0 Å². The number of hydrogen-bond acceptors (Lipinski definition) is 13. The van der Waals surface area contributed by atoms with Crippen LogP contribution in [0.2, 0.25) is 12.6 Å². The molecule has 0 unspecified atom stereocenters. The Morgan fingerprint density at radius 1 is 1.24 bits per heavy atom. The molecule has 4 rings (SSSR count). The molecule has 1 fully saturated rings. The van der Waals surface area contributed by atoms with Gasteiger partial charge in [0.15, 0.2) is 0 Å². The van der Waals surface area contributed by atoms with Crippen molar-refractivity contribution in [2.24, 2.45) is 10.9 Å². The molecule has 37 heavy (non-hydrogen) atoms. The van der Waals surface area contributed by atoms with Gasteiger partial charge in [0.1, 0.15) is 12.3 Å². The van der Waals surface area contributed by atoms with Crippen LogP contribution < -0.4 is 22.0 Å². The van der Waals surface area contributed by atoms with E-state index in [1.165, 1.54) is 6.55 Å². The van der Waals surface area contributed by atoms with Crippen molar-refractivity contribution >= 4 is 43.5 Å². The van der Waals surface area contributed by atoms with Gasteiger partial charge in [-0.25, -0.2) is 11.3 Å². The van der Waals surface area contributed by atoms with Gasteiger partial charge in [0, 0.05) is 37.2 Å². The number of aromatic nitrogens is 4. The molecule has 3 heterocycles. The van der Waals surface area contributed by atoms with Crippen molar-refractivity contribution in [2.75, 3.05) is 36.4 Å². The van der Waals surface area contributed by atoms with E-state index in [9.17, 15) is 14.7 Å². The number of hydrazine groups is 1. The molecule has 0 aliphatic carbocycles. The lowest BCUT2D eigenvalue weighted by atomic mass is 10.2. The predicted octanol–water partition coefficient (Wildman–Crippen LogP) is 0.711. The molecule has 1 aromatic carbocycles. The number of aliphatic hydroxyl groups excluding tert-OH is 1. The van der Waals surface area contributed by atoms with E-state index in [0.717, 1.165) is 16.5 Å². The van der Waals surface area contributed by atoms with Crippen LogP contribution in [0.25, 0.3) is 10.9 Å². The molecule has 1 aliphatic rings. The van der Waals surface area contributed by atoms with Gasteiger partial charge in [-0.15, -0.1) is 0 Å². The Labute approximate surface area is 214 Å². The number of hydrazone groups is 1. The number of aliphatic hydroxyl groups is 1. The summed E-state index contributed by atoms with van der Waals surface area (Å²) in [6.07, 6.45) is 3.91. The summed E-state index contributed by atoms with van der Waals surface area (Å²) in [5.41, 5.74) is 7.01. The van der Waals surface area contributed by atoms with E-state index < -0.39 is 8.56 Å². The maximum atomic E-state index is 9.63. The second-order valence-corrected chi connectivity index (χ2v) is 11.8. The Balaban J connectivity index is 1.48. The molecule has 0 amide bonds. The molecule has 3 atom stereocenters. The number of para-hydroxylation sites is 1. The first-order valence-electron chi connectivity index (χ1n) is 11.9. The Morgan fingerprint density at radius 2 is 2.00 bits per heavy atom. The summed E-state index contributed by atoms with van der Waals surface area (Å²) in [5.74, 6) is 6.06. The Morgan fingerprint density at radius 3 is 2.70 bits per heavy atom. The number of nitrogens with zero attached hydrogens (tertiary/aromatic N) is 5. The SMILES string of the molecule is CO[C@@H]1C[C@H](n2cc(C=NNc3nc(NN)nc(NCCC[Si](C)(O)O)n3)c3ccccc32)O[C@@H]1CO. The summed E-state index contributed by atoms with van der Waals surface area (Å²) in [5, 5.41) is 17.9. The van der Waals surface area contributed by atoms with Crippen molar-refractivity contribution in [2.45, 2.75) is 43.9 Å². The van der Waals surface area contributed by atoms with E-state index in [0.29, 0.717) is 25.4 Å². The molecular weight excluding hydrogens is 498 g/mol. The zero-order valence-corrected chi connectivity index (χ0v) is 21.7. The maximum Gasteiger partial charge on any atom is 0.329 e. The van der Waals surface area contributed by atoms with E-state index in [2.05, 4.69) is 36.2 Å². The number of rotatable bonds is 12. The molecule has 1 aliphatic heterocycles. The quantitative estimate of drug-likeness (QED) is 0.0569. The molecule has 1 saturated heterocycles. The van der Waals surface area contributed by atoms with E-state index in [1.807, 2.05) is 35.0 Å². The Bertz CT molecular complexity index is 1210. The molecule has 15 heteroatoms. The van der Waals surface area contributed by atoms with Gasteiger partial charge in [-0.2, -0.15) is 20.1 Å². The van der Waals surface area contributed by atoms with Gasteiger partial charge in [-0.1, -0.05) is 18.2 Å². The smallest absolute Gasteiger partial charge is 0.329 e. The standard InChI is InChI=1S/C22H33N9O5Si/c1-35-17-10-19(36-18(17)13-32)31-12-14(15-6-3-4-7-16(15)31)11-25-30-22-27-20(26-21(28-22)29-23)24-8-5-9-37(2,33)34/h3-4,6-7,11-12,17-19,32-34H,5,8-10,13,23H2,1-2H3,(H3,24,26,27,28,29,30)/t17-,18-,19-/m1/s1. The third kappa shape index (κ3) is 6.78. The van der Waals surface area contributed by atoms with Gasteiger partial charge in [0.2, 0.25) is 17.8 Å². The fourth-order valence-electron chi connectivity index (χ4n) is 4.21. The number of methoxy groups -OCH3 is 1. The lowest BCUT2D eigenvalue weighted by molar-refractivity contribution is -0.0509. The van der Waals surface area contributed by atoms with Crippen molar-refractivity contribution in [1.82, 2.24) is 19.5 Å². The zero-order chi connectivity index (χ0) is 26.4. The van der Waals surface area contributed by atoms with Gasteiger partial charge in [0.25, 0.3) is 0 Å². The molecule has 0 saturated carbocycles. The third-order valence-corrected chi connectivity index (χ3v) is 7.29. The second kappa shape index (κ2) is 11.9. The fraction of sp³-hybridized carbons (Fsp3) is 0.455. The number of nitrogens with two attached hydrogens (primary N) is 1. The zero-order valence-electron chi connectivity index (χ0n) is 20.7. The minimum absolute atomic E-state index is 0.112. The molecule has 200 valence electrons. The molecule has 14 nitrogen and oxygen atoms in total. The molecule has 3 aromatic rings. The summed E-state index contributed by atoms with van der Waals surface area (Å²) in [6.45, 7) is 1.80. The van der Waals surface area contributed by atoms with Gasteiger partial charge < -0.3 is 34.1 Å². The average Bonchev–Trinajstić information content (AvgIpc) is 3.47. The topological polar surface area (TPSA) is 197 Å². The summed E-state index contributed by atoms with van der Waals surface area (Å²) >= 11 is 0. The molecule has 0 bridgehead atoms. The molecular formula is C22H33N9O5Si. The third-order valence-electron chi connectivity index (χ3n) is 5.99. The van der Waals surface area contributed by atoms with E-state index in [-0.39, 0.29) is 42.9 Å². The average molecular weight is 532 g/mol. The number of hydrogen-bond donors (Lipinski definition) is 7. The predicted molar refractivity (Wildman–Crippen MR) is 141 cm³/mol. The minimum atomic E-state index is -3.10. The number of nitrogens with one attached hydrogen (secondary N) is 3. The van der Waals surface area contributed by atoms with Crippen LogP contribution in [0.15, 0.2) is 35.6 Å². The number of nitrogen functional groups attached to an aromatic ring is 1. The highest BCUT2D eigenvalue weighted by molar-refractivity contribution is 6.63. The first-order valence-corrected chi connectivity index (χ1v) is 14.5. The largest absolute Gasteiger partial charge is 0.411 e. The van der Waals surface area contributed by atoms with Crippen LogP contribution in [0.4, 0.5) is 17.8 Å². The lowest BCUT2D eigenvalue weighted by Crippen LogP contribution is -2.30. The van der Waals surface area contributed by atoms with Gasteiger partial charge >= 0.3 is 8.56 Å². The highest BCUT2D eigenvalue weighted by Crippen LogP contribution is 2.34. The van der Waals surface area contributed by atoms with Crippen molar-refractivity contribution in [3.63, 3.8) is 0 Å². The van der Waals surface area contributed by atoms with Gasteiger partial charge in [-0.05, 0) is 25.1 Å². The van der Waals surface area contributed by atoms with Gasteiger partial charge in [0.05, 0.1) is 24.4 Å². The first-order chi connectivity index (χ1) is 17.8. The van der Waals surface area contributed by atoms with Crippen LogP contribution in [0.5, 0.6) is 0 Å². The normalized spacial score (nSPS) is 20.1. The number of anilines is 3. The lowest BCUT2D eigenvalue weighted by Gasteiger charge is -2.15. The van der Waals surface area contributed by atoms with Crippen LogP contribution in [-0.4, -0.2) is 81.5 Å². The first kappa shape index (κ1) is 26.9. The number of fused-ring (bicyclic) bond motifs is 1. The van der Waals surface area contributed by atoms with Crippen molar-refractivity contribution < 1.29 is 24.2 Å². The molecule has 0 radical (unpaired) electrons. The second-order valence-electron chi connectivity index (χ2n) is 8.90. The summed E-state index contributed by atoms with van der Waals surface area (Å²) in [7, 11) is -1.48. The number of benzene rings is 1. The monoisotopic (exact) mass is 531 g/mol. The highest BCUT2D eigenvalue weighted by atomic mass is 28.4. The molecule has 0 spiro atoms.